The highest BCUT2D eigenvalue weighted by Crippen LogP contribution is 2.15. The molecule has 0 unspecified atom stereocenters. The van der Waals surface area contributed by atoms with Gasteiger partial charge in [0.25, 0.3) is 0 Å². The lowest BCUT2D eigenvalue weighted by Crippen LogP contribution is -2.25. The Morgan fingerprint density at radius 3 is 2.68 bits per heavy atom. The molecule has 0 bridgehead atoms. The fourth-order valence-electron chi connectivity index (χ4n) is 2.65. The van der Waals surface area contributed by atoms with E-state index in [0.717, 1.165) is 37.3 Å². The lowest BCUT2D eigenvalue weighted by molar-refractivity contribution is 0.283. The summed E-state index contributed by atoms with van der Waals surface area (Å²) >= 11 is 0. The molecule has 112 valence electrons. The zero-order chi connectivity index (χ0) is 15.2. The normalized spacial score (nSPS) is 11.2. The fourth-order valence-corrected chi connectivity index (χ4v) is 2.65. The smallest absolute Gasteiger partial charge is 0.0702 e. The van der Waals surface area contributed by atoms with Gasteiger partial charge in [-0.2, -0.15) is 0 Å². The number of nitrogens with zero attached hydrogens (tertiary/aromatic N) is 3. The van der Waals surface area contributed by atoms with Gasteiger partial charge in [-0.1, -0.05) is 25.1 Å². The van der Waals surface area contributed by atoms with Gasteiger partial charge in [-0.3, -0.25) is 14.9 Å². The molecule has 0 saturated carbocycles. The first kappa shape index (κ1) is 14.7. The van der Waals surface area contributed by atoms with E-state index in [2.05, 4.69) is 58.2 Å². The van der Waals surface area contributed by atoms with Crippen LogP contribution < -0.4 is 0 Å². The van der Waals surface area contributed by atoms with Crippen LogP contribution >= 0.6 is 0 Å². The molecule has 3 heteroatoms. The van der Waals surface area contributed by atoms with Crippen LogP contribution in [-0.2, 0) is 13.0 Å². The third kappa shape index (κ3) is 3.68. The summed E-state index contributed by atoms with van der Waals surface area (Å²) in [6.07, 6.45) is 4.69. The van der Waals surface area contributed by atoms with Gasteiger partial charge in [0.2, 0.25) is 0 Å². The fraction of sp³-hybridized carbons (Fsp3) is 0.263. The molecule has 22 heavy (non-hydrogen) atoms. The monoisotopic (exact) mass is 291 g/mol. The molecule has 0 spiro atoms. The van der Waals surface area contributed by atoms with Crippen LogP contribution in [0.2, 0.25) is 0 Å². The zero-order valence-electron chi connectivity index (χ0n) is 12.9. The summed E-state index contributed by atoms with van der Waals surface area (Å²) in [6, 6.07) is 16.7. The minimum Gasteiger partial charge on any atom is -0.299 e. The predicted molar refractivity (Wildman–Crippen MR) is 90.6 cm³/mol. The van der Waals surface area contributed by atoms with Crippen LogP contribution in [0, 0.1) is 0 Å². The van der Waals surface area contributed by atoms with Crippen LogP contribution in [-0.4, -0.2) is 28.0 Å². The molecule has 0 fully saturated rings. The quantitative estimate of drug-likeness (QED) is 0.693. The molecule has 2 aromatic heterocycles. The van der Waals surface area contributed by atoms with Crippen molar-refractivity contribution in [3.8, 4) is 0 Å². The highest BCUT2D eigenvalue weighted by atomic mass is 15.1. The lowest BCUT2D eigenvalue weighted by atomic mass is 10.1. The van der Waals surface area contributed by atoms with Crippen LogP contribution in [0.4, 0.5) is 0 Å². The maximum absolute atomic E-state index is 4.40. The first-order valence-corrected chi connectivity index (χ1v) is 7.81. The summed E-state index contributed by atoms with van der Waals surface area (Å²) in [5.74, 6) is 0. The second-order valence-corrected chi connectivity index (χ2v) is 5.47. The zero-order valence-corrected chi connectivity index (χ0v) is 12.9. The van der Waals surface area contributed by atoms with Crippen molar-refractivity contribution < 1.29 is 0 Å². The van der Waals surface area contributed by atoms with E-state index < -0.39 is 0 Å². The number of aromatic nitrogens is 2. The van der Waals surface area contributed by atoms with Gasteiger partial charge in [0.15, 0.2) is 0 Å². The molecular weight excluding hydrogens is 270 g/mol. The van der Waals surface area contributed by atoms with Crippen molar-refractivity contribution in [2.24, 2.45) is 0 Å². The molecule has 0 aliphatic carbocycles. The van der Waals surface area contributed by atoms with Gasteiger partial charge in [0.05, 0.1) is 5.52 Å². The number of likely N-dealkylation sites (N-methyl/N-ethyl adjacent to an activating group) is 1. The molecule has 0 aliphatic heterocycles. The Hall–Kier alpha value is -2.26. The summed E-state index contributed by atoms with van der Waals surface area (Å²) in [7, 11) is 0. The van der Waals surface area contributed by atoms with Crippen LogP contribution in [0.1, 0.15) is 18.2 Å². The first-order valence-electron chi connectivity index (χ1n) is 7.81. The van der Waals surface area contributed by atoms with E-state index in [1.54, 1.807) is 0 Å². The Morgan fingerprint density at radius 2 is 1.86 bits per heavy atom. The van der Waals surface area contributed by atoms with Gasteiger partial charge in [-0.25, -0.2) is 0 Å². The number of hydrogen-bond acceptors (Lipinski definition) is 3. The maximum Gasteiger partial charge on any atom is 0.0702 e. The standard InChI is InChI=1S/C19H21N3/c1-2-22(13-10-18-7-3-4-11-20-18)15-16-8-9-19-17(14-16)6-5-12-21-19/h3-9,11-12,14H,2,10,13,15H2,1H3. The highest BCUT2D eigenvalue weighted by molar-refractivity contribution is 5.78. The largest absolute Gasteiger partial charge is 0.299 e. The molecule has 0 saturated heterocycles. The van der Waals surface area contributed by atoms with Crippen molar-refractivity contribution in [2.45, 2.75) is 19.9 Å². The predicted octanol–water partition coefficient (Wildman–Crippen LogP) is 3.69. The number of fused-ring (bicyclic) bond motifs is 1. The molecule has 0 aliphatic rings. The Labute approximate surface area is 131 Å². The van der Waals surface area contributed by atoms with E-state index in [1.165, 1.54) is 10.9 Å². The van der Waals surface area contributed by atoms with Gasteiger partial charge in [0.1, 0.15) is 0 Å². The van der Waals surface area contributed by atoms with E-state index in [9.17, 15) is 0 Å². The third-order valence-electron chi connectivity index (χ3n) is 3.93. The molecule has 0 amide bonds. The number of pyridine rings is 2. The highest BCUT2D eigenvalue weighted by Gasteiger charge is 2.05. The van der Waals surface area contributed by atoms with Crippen molar-refractivity contribution in [1.29, 1.82) is 0 Å². The van der Waals surface area contributed by atoms with Gasteiger partial charge in [-0.05, 0) is 42.4 Å². The van der Waals surface area contributed by atoms with Crippen molar-refractivity contribution in [2.75, 3.05) is 13.1 Å². The molecule has 3 aromatic rings. The molecule has 3 rings (SSSR count). The van der Waals surface area contributed by atoms with Crippen molar-refractivity contribution >= 4 is 10.9 Å². The Balaban J connectivity index is 1.66. The average molecular weight is 291 g/mol. The van der Waals surface area contributed by atoms with Crippen LogP contribution in [0.5, 0.6) is 0 Å². The minimum absolute atomic E-state index is 0.966. The second kappa shape index (κ2) is 7.14. The van der Waals surface area contributed by atoms with Crippen LogP contribution in [0.15, 0.2) is 60.9 Å². The van der Waals surface area contributed by atoms with Crippen molar-refractivity contribution in [1.82, 2.24) is 14.9 Å². The molecule has 0 atom stereocenters. The molecule has 0 radical (unpaired) electrons. The Kier molecular flexibility index (Phi) is 4.76. The summed E-state index contributed by atoms with van der Waals surface area (Å²) in [5.41, 5.74) is 3.55. The van der Waals surface area contributed by atoms with Crippen LogP contribution in [0.3, 0.4) is 0 Å². The number of rotatable bonds is 6. The molecule has 1 aromatic carbocycles. The minimum atomic E-state index is 0.966. The second-order valence-electron chi connectivity index (χ2n) is 5.47. The van der Waals surface area contributed by atoms with E-state index in [1.807, 2.05) is 24.5 Å². The third-order valence-corrected chi connectivity index (χ3v) is 3.93. The molecular formula is C19H21N3. The summed E-state index contributed by atoms with van der Waals surface area (Å²) in [5, 5.41) is 1.21. The van der Waals surface area contributed by atoms with Crippen molar-refractivity contribution in [3.05, 3.63) is 72.2 Å². The van der Waals surface area contributed by atoms with Gasteiger partial charge < -0.3 is 0 Å². The first-order chi connectivity index (χ1) is 10.8. The van der Waals surface area contributed by atoms with Gasteiger partial charge in [-0.15, -0.1) is 0 Å². The Morgan fingerprint density at radius 1 is 0.955 bits per heavy atom. The van der Waals surface area contributed by atoms with Gasteiger partial charge >= 0.3 is 0 Å². The van der Waals surface area contributed by atoms with E-state index in [0.29, 0.717) is 0 Å². The summed E-state index contributed by atoms with van der Waals surface area (Å²) in [6.45, 7) is 5.24. The van der Waals surface area contributed by atoms with E-state index in [4.69, 9.17) is 0 Å². The van der Waals surface area contributed by atoms with Crippen molar-refractivity contribution in [3.63, 3.8) is 0 Å². The Bertz CT molecular complexity index is 725. The van der Waals surface area contributed by atoms with Crippen LogP contribution in [0.25, 0.3) is 10.9 Å². The SMILES string of the molecule is CCN(CCc1ccccn1)Cc1ccc2ncccc2c1. The lowest BCUT2D eigenvalue weighted by Gasteiger charge is -2.20. The summed E-state index contributed by atoms with van der Waals surface area (Å²) in [4.78, 5) is 11.2. The molecule has 0 N–H and O–H groups in total. The number of benzene rings is 1. The summed E-state index contributed by atoms with van der Waals surface area (Å²) < 4.78 is 0. The average Bonchev–Trinajstić information content (AvgIpc) is 2.59. The topological polar surface area (TPSA) is 29.0 Å². The molecule has 3 nitrogen and oxygen atoms in total. The van der Waals surface area contributed by atoms with E-state index in [-0.39, 0.29) is 0 Å². The van der Waals surface area contributed by atoms with E-state index >= 15 is 0 Å². The molecule has 2 heterocycles. The van der Waals surface area contributed by atoms with Gasteiger partial charge in [0, 0.05) is 43.0 Å². The maximum atomic E-state index is 4.40. The number of hydrogen-bond donors (Lipinski definition) is 0.